The van der Waals surface area contributed by atoms with Gasteiger partial charge in [0.05, 0.1) is 0 Å². The lowest BCUT2D eigenvalue weighted by Crippen LogP contribution is -2.35. The van der Waals surface area contributed by atoms with E-state index in [0.29, 0.717) is 6.61 Å². The molecule has 1 heterocycles. The normalized spacial score (nSPS) is 25.8. The van der Waals surface area contributed by atoms with Crippen LogP contribution in [0.5, 0.6) is 0 Å². The highest BCUT2D eigenvalue weighted by Crippen LogP contribution is 2.18. The van der Waals surface area contributed by atoms with Gasteiger partial charge < -0.3 is 10.0 Å². The molecular weight excluding hydrogens is 162 g/mol. The van der Waals surface area contributed by atoms with Crippen LogP contribution in [-0.2, 0) is 0 Å². The van der Waals surface area contributed by atoms with Crippen molar-refractivity contribution in [2.75, 3.05) is 19.7 Å². The summed E-state index contributed by atoms with van der Waals surface area (Å²) in [5, 5.41) is 8.80. The summed E-state index contributed by atoms with van der Waals surface area (Å²) in [7, 11) is 0. The summed E-state index contributed by atoms with van der Waals surface area (Å²) in [6.45, 7) is 4.96. The molecule has 0 aromatic rings. The van der Waals surface area contributed by atoms with E-state index in [0.717, 1.165) is 19.0 Å². The van der Waals surface area contributed by atoms with Crippen molar-refractivity contribution in [2.24, 2.45) is 0 Å². The molecule has 0 aromatic carbocycles. The minimum atomic E-state index is 0.340. The first-order valence-corrected chi connectivity index (χ1v) is 5.73. The summed E-state index contributed by atoms with van der Waals surface area (Å²) >= 11 is 0. The van der Waals surface area contributed by atoms with Gasteiger partial charge in [-0.25, -0.2) is 0 Å². The summed E-state index contributed by atoms with van der Waals surface area (Å²) in [4.78, 5) is 2.57. The summed E-state index contributed by atoms with van der Waals surface area (Å²) in [6.07, 6.45) is 7.71. The maximum atomic E-state index is 8.80. The van der Waals surface area contributed by atoms with Crippen LogP contribution in [0.25, 0.3) is 0 Å². The van der Waals surface area contributed by atoms with Crippen molar-refractivity contribution in [3.05, 3.63) is 0 Å². The average Bonchev–Trinajstić information content (AvgIpc) is 2.39. The molecule has 1 atom stereocenters. The lowest BCUT2D eigenvalue weighted by molar-refractivity contribution is 0.172. The third-order valence-corrected chi connectivity index (χ3v) is 3.07. The van der Waals surface area contributed by atoms with Crippen LogP contribution in [0.1, 0.15) is 45.4 Å². The van der Waals surface area contributed by atoms with Crippen molar-refractivity contribution in [3.63, 3.8) is 0 Å². The van der Waals surface area contributed by atoms with Gasteiger partial charge in [0.15, 0.2) is 0 Å². The van der Waals surface area contributed by atoms with E-state index in [2.05, 4.69) is 11.8 Å². The second-order valence-electron chi connectivity index (χ2n) is 4.02. The zero-order valence-electron chi connectivity index (χ0n) is 8.84. The smallest absolute Gasteiger partial charge is 0.0443 e. The highest BCUT2D eigenvalue weighted by Gasteiger charge is 2.18. The molecule has 1 aliphatic heterocycles. The predicted molar refractivity (Wildman–Crippen MR) is 55.8 cm³/mol. The molecule has 0 spiro atoms. The van der Waals surface area contributed by atoms with Crippen LogP contribution >= 0.6 is 0 Å². The van der Waals surface area contributed by atoms with Gasteiger partial charge in [0.1, 0.15) is 0 Å². The highest BCUT2D eigenvalue weighted by atomic mass is 16.3. The maximum absolute atomic E-state index is 8.80. The third-order valence-electron chi connectivity index (χ3n) is 3.07. The molecule has 2 nitrogen and oxygen atoms in total. The first-order chi connectivity index (χ1) is 6.38. The molecular formula is C11H23NO. The molecule has 78 valence electrons. The molecule has 1 fully saturated rings. The molecule has 0 bridgehead atoms. The molecule has 0 radical (unpaired) electrons. The Morgan fingerprint density at radius 2 is 2.15 bits per heavy atom. The quantitative estimate of drug-likeness (QED) is 0.724. The molecule has 1 aliphatic rings. The Bertz CT molecular complexity index is 127. The van der Waals surface area contributed by atoms with Crippen LogP contribution in [0, 0.1) is 0 Å². The van der Waals surface area contributed by atoms with Crippen LogP contribution in [0.2, 0.25) is 0 Å². The minimum Gasteiger partial charge on any atom is -0.396 e. The van der Waals surface area contributed by atoms with Gasteiger partial charge in [0.2, 0.25) is 0 Å². The van der Waals surface area contributed by atoms with Crippen molar-refractivity contribution in [2.45, 2.75) is 51.5 Å². The van der Waals surface area contributed by atoms with Crippen LogP contribution in [0.15, 0.2) is 0 Å². The second-order valence-corrected chi connectivity index (χ2v) is 4.02. The monoisotopic (exact) mass is 185 g/mol. The molecule has 0 saturated carbocycles. The number of rotatable bonds is 4. The first kappa shape index (κ1) is 11.0. The molecule has 2 heteroatoms. The number of likely N-dealkylation sites (tertiary alicyclic amines) is 1. The number of nitrogens with zero attached hydrogens (tertiary/aromatic N) is 1. The van der Waals surface area contributed by atoms with Gasteiger partial charge in [-0.15, -0.1) is 0 Å². The van der Waals surface area contributed by atoms with E-state index in [1.807, 2.05) is 0 Å². The van der Waals surface area contributed by atoms with Crippen molar-refractivity contribution in [3.8, 4) is 0 Å². The molecule has 1 unspecified atom stereocenters. The Balaban J connectivity index is 2.34. The highest BCUT2D eigenvalue weighted by molar-refractivity contribution is 4.73. The summed E-state index contributed by atoms with van der Waals surface area (Å²) in [5.74, 6) is 0. The zero-order valence-corrected chi connectivity index (χ0v) is 8.84. The summed E-state index contributed by atoms with van der Waals surface area (Å²) in [5.41, 5.74) is 0. The zero-order chi connectivity index (χ0) is 9.52. The van der Waals surface area contributed by atoms with E-state index in [9.17, 15) is 0 Å². The SMILES string of the molecule is CCC1CCCCCN1CCCO. The van der Waals surface area contributed by atoms with E-state index < -0.39 is 0 Å². The number of aliphatic hydroxyl groups is 1. The van der Waals surface area contributed by atoms with Crippen molar-refractivity contribution >= 4 is 0 Å². The first-order valence-electron chi connectivity index (χ1n) is 5.73. The van der Waals surface area contributed by atoms with Crippen LogP contribution in [0.4, 0.5) is 0 Å². The third kappa shape index (κ3) is 3.65. The van der Waals surface area contributed by atoms with Crippen LogP contribution in [-0.4, -0.2) is 35.7 Å². The predicted octanol–water partition coefficient (Wildman–Crippen LogP) is 2.02. The fourth-order valence-corrected chi connectivity index (χ4v) is 2.27. The van der Waals surface area contributed by atoms with E-state index in [1.54, 1.807) is 0 Å². The van der Waals surface area contributed by atoms with Crippen LogP contribution in [0.3, 0.4) is 0 Å². The van der Waals surface area contributed by atoms with Gasteiger partial charge in [-0.2, -0.15) is 0 Å². The molecule has 0 aliphatic carbocycles. The lowest BCUT2D eigenvalue weighted by atomic mass is 10.1. The van der Waals surface area contributed by atoms with E-state index >= 15 is 0 Å². The minimum absolute atomic E-state index is 0.340. The Morgan fingerprint density at radius 1 is 1.31 bits per heavy atom. The average molecular weight is 185 g/mol. The Kier molecular flexibility index (Phi) is 5.40. The summed E-state index contributed by atoms with van der Waals surface area (Å²) < 4.78 is 0. The van der Waals surface area contributed by atoms with Crippen molar-refractivity contribution in [1.82, 2.24) is 4.90 Å². The van der Waals surface area contributed by atoms with Gasteiger partial charge in [-0.05, 0) is 32.2 Å². The van der Waals surface area contributed by atoms with E-state index in [1.165, 1.54) is 38.6 Å². The molecule has 0 amide bonds. The molecule has 1 saturated heterocycles. The van der Waals surface area contributed by atoms with Crippen molar-refractivity contribution < 1.29 is 5.11 Å². The Labute approximate surface area is 81.9 Å². The van der Waals surface area contributed by atoms with Gasteiger partial charge in [0.25, 0.3) is 0 Å². The van der Waals surface area contributed by atoms with Gasteiger partial charge in [-0.3, -0.25) is 0 Å². The molecule has 13 heavy (non-hydrogen) atoms. The van der Waals surface area contributed by atoms with E-state index in [-0.39, 0.29) is 0 Å². The lowest BCUT2D eigenvalue weighted by Gasteiger charge is -2.28. The maximum Gasteiger partial charge on any atom is 0.0443 e. The largest absolute Gasteiger partial charge is 0.396 e. The second kappa shape index (κ2) is 6.39. The Morgan fingerprint density at radius 3 is 2.85 bits per heavy atom. The number of hydrogen-bond acceptors (Lipinski definition) is 2. The molecule has 1 rings (SSSR count). The van der Waals surface area contributed by atoms with Gasteiger partial charge in [0, 0.05) is 19.2 Å². The fraction of sp³-hybridized carbons (Fsp3) is 1.00. The number of hydrogen-bond donors (Lipinski definition) is 1. The number of aliphatic hydroxyl groups excluding tert-OH is 1. The van der Waals surface area contributed by atoms with E-state index in [4.69, 9.17) is 5.11 Å². The molecule has 0 aromatic heterocycles. The fourth-order valence-electron chi connectivity index (χ4n) is 2.27. The van der Waals surface area contributed by atoms with Crippen molar-refractivity contribution in [1.29, 1.82) is 0 Å². The standard InChI is InChI=1S/C11H23NO/c1-2-11-7-4-3-5-8-12(11)9-6-10-13/h11,13H,2-10H2,1H3. The van der Waals surface area contributed by atoms with Gasteiger partial charge >= 0.3 is 0 Å². The van der Waals surface area contributed by atoms with Gasteiger partial charge in [-0.1, -0.05) is 19.8 Å². The van der Waals surface area contributed by atoms with Crippen LogP contribution < -0.4 is 0 Å². The Hall–Kier alpha value is -0.0800. The summed E-state index contributed by atoms with van der Waals surface area (Å²) in [6, 6.07) is 0.786. The topological polar surface area (TPSA) is 23.5 Å². The molecule has 1 N–H and O–H groups in total.